The van der Waals surface area contributed by atoms with Gasteiger partial charge in [0.25, 0.3) is 0 Å². The minimum atomic E-state index is -0.461. The van der Waals surface area contributed by atoms with Gasteiger partial charge in [-0.05, 0) is 62.3 Å². The maximum absolute atomic E-state index is 10.8. The van der Waals surface area contributed by atoms with Crippen LogP contribution in [-0.4, -0.2) is 20.4 Å². The summed E-state index contributed by atoms with van der Waals surface area (Å²) in [7, 11) is 0. The predicted molar refractivity (Wildman–Crippen MR) is 70.1 cm³/mol. The van der Waals surface area contributed by atoms with Gasteiger partial charge >= 0.3 is 0 Å². The highest BCUT2D eigenvalue weighted by molar-refractivity contribution is 5.16. The smallest absolute Gasteiger partial charge is 0.103 e. The summed E-state index contributed by atoms with van der Waals surface area (Å²) < 4.78 is 0. The van der Waals surface area contributed by atoms with Gasteiger partial charge in [0.05, 0.1) is 18.0 Å². The molecule has 0 radical (unpaired) electrons. The monoisotopic (exact) mass is 262 g/mol. The van der Waals surface area contributed by atoms with Crippen molar-refractivity contribution < 1.29 is 10.2 Å². The zero-order chi connectivity index (χ0) is 13.0. The first kappa shape index (κ1) is 11.9. The Morgan fingerprint density at radius 3 is 2.26 bits per heavy atom. The first-order chi connectivity index (χ1) is 9.18. The Labute approximate surface area is 113 Å². The molecule has 3 N–H and O–H groups in total. The van der Waals surface area contributed by atoms with Crippen LogP contribution in [0.2, 0.25) is 0 Å². The molecule has 1 unspecified atom stereocenters. The fraction of sp³-hybridized carbons (Fsp3) is 0.800. The van der Waals surface area contributed by atoms with E-state index in [2.05, 4.69) is 10.2 Å². The summed E-state index contributed by atoms with van der Waals surface area (Å²) in [6.07, 6.45) is 7.19. The Kier molecular flexibility index (Phi) is 2.55. The average molecular weight is 262 g/mol. The van der Waals surface area contributed by atoms with Crippen molar-refractivity contribution in [1.82, 2.24) is 10.2 Å². The lowest BCUT2D eigenvalue weighted by Gasteiger charge is -2.58. The van der Waals surface area contributed by atoms with E-state index in [1.807, 2.05) is 6.07 Å². The van der Waals surface area contributed by atoms with E-state index in [1.165, 1.54) is 38.5 Å². The van der Waals surface area contributed by atoms with Gasteiger partial charge in [0.1, 0.15) is 6.10 Å². The van der Waals surface area contributed by atoms with Crippen LogP contribution in [0.5, 0.6) is 0 Å². The normalized spacial score (nSPS) is 41.7. The van der Waals surface area contributed by atoms with Gasteiger partial charge in [0.2, 0.25) is 0 Å². The summed E-state index contributed by atoms with van der Waals surface area (Å²) >= 11 is 0. The Morgan fingerprint density at radius 2 is 1.79 bits per heavy atom. The molecular formula is C15H22N2O2. The summed E-state index contributed by atoms with van der Waals surface area (Å²) in [6.45, 7) is -0.0411. The molecule has 4 fully saturated rings. The lowest BCUT2D eigenvalue weighted by molar-refractivity contribution is -0.123. The van der Waals surface area contributed by atoms with Crippen LogP contribution in [0.3, 0.4) is 0 Å². The topological polar surface area (TPSA) is 69.1 Å². The zero-order valence-corrected chi connectivity index (χ0v) is 11.2. The van der Waals surface area contributed by atoms with Gasteiger partial charge in [-0.1, -0.05) is 0 Å². The molecule has 19 heavy (non-hydrogen) atoms. The van der Waals surface area contributed by atoms with Crippen LogP contribution in [-0.2, 0) is 6.61 Å². The van der Waals surface area contributed by atoms with E-state index in [0.717, 1.165) is 23.4 Å². The first-order valence-corrected chi connectivity index (χ1v) is 7.51. The number of aliphatic hydroxyl groups excluding tert-OH is 2. The Bertz CT molecular complexity index is 447. The van der Waals surface area contributed by atoms with Gasteiger partial charge < -0.3 is 10.2 Å². The second-order valence-electron chi connectivity index (χ2n) is 7.16. The molecule has 4 saturated carbocycles. The standard InChI is InChI=1S/C15H22N2O2/c18-8-12-4-13(17-16-12)14(19)15-5-9-1-10(6-15)3-11(2-9)7-15/h4,9-11,14,18-19H,1-3,5-8H2,(H,16,17). The van der Waals surface area contributed by atoms with Gasteiger partial charge in [-0.3, -0.25) is 5.10 Å². The summed E-state index contributed by atoms with van der Waals surface area (Å²) in [4.78, 5) is 0. The summed E-state index contributed by atoms with van der Waals surface area (Å²) in [5.41, 5.74) is 1.49. The summed E-state index contributed by atoms with van der Waals surface area (Å²) in [5.74, 6) is 2.49. The Hall–Kier alpha value is -0.870. The lowest BCUT2D eigenvalue weighted by Crippen LogP contribution is -2.48. The van der Waals surface area contributed by atoms with Crippen molar-refractivity contribution in [2.45, 2.75) is 51.2 Å². The van der Waals surface area contributed by atoms with E-state index in [1.54, 1.807) is 0 Å². The van der Waals surface area contributed by atoms with E-state index >= 15 is 0 Å². The quantitative estimate of drug-likeness (QED) is 0.781. The molecule has 4 heteroatoms. The largest absolute Gasteiger partial charge is 0.390 e. The highest BCUT2D eigenvalue weighted by Gasteiger charge is 2.54. The Morgan fingerprint density at radius 1 is 1.21 bits per heavy atom. The van der Waals surface area contributed by atoms with Crippen molar-refractivity contribution in [2.24, 2.45) is 23.2 Å². The average Bonchev–Trinajstić information content (AvgIpc) is 2.84. The second kappa shape index (κ2) is 4.06. The highest BCUT2D eigenvalue weighted by Crippen LogP contribution is 2.63. The third-order valence-corrected chi connectivity index (χ3v) is 5.77. The van der Waals surface area contributed by atoms with Crippen LogP contribution < -0.4 is 0 Å². The van der Waals surface area contributed by atoms with Gasteiger partial charge in [-0.2, -0.15) is 5.10 Å². The van der Waals surface area contributed by atoms with E-state index in [4.69, 9.17) is 5.11 Å². The van der Waals surface area contributed by atoms with Gasteiger partial charge in [0.15, 0.2) is 0 Å². The second-order valence-corrected chi connectivity index (χ2v) is 7.16. The number of nitrogens with one attached hydrogen (secondary N) is 1. The number of aromatic amines is 1. The molecule has 4 bridgehead atoms. The number of hydrogen-bond acceptors (Lipinski definition) is 3. The number of rotatable bonds is 3. The molecule has 1 aromatic rings. The SMILES string of the molecule is OCc1cc(C(O)C23CC4CC(CC(C4)C2)C3)n[nH]1. The highest BCUT2D eigenvalue weighted by atomic mass is 16.3. The van der Waals surface area contributed by atoms with Crippen LogP contribution >= 0.6 is 0 Å². The van der Waals surface area contributed by atoms with Crippen molar-refractivity contribution in [1.29, 1.82) is 0 Å². The fourth-order valence-corrected chi connectivity index (χ4v) is 5.43. The van der Waals surface area contributed by atoms with Crippen LogP contribution in [0, 0.1) is 23.2 Å². The molecule has 0 aromatic carbocycles. The number of H-pyrrole nitrogens is 1. The zero-order valence-electron chi connectivity index (χ0n) is 11.2. The molecule has 1 aromatic heterocycles. The van der Waals surface area contributed by atoms with E-state index < -0.39 is 6.10 Å². The maximum Gasteiger partial charge on any atom is 0.103 e. The Balaban J connectivity index is 1.63. The maximum atomic E-state index is 10.8. The molecule has 4 aliphatic rings. The minimum absolute atomic E-state index is 0.0411. The number of aliphatic hydroxyl groups is 2. The van der Waals surface area contributed by atoms with Crippen LogP contribution in [0.1, 0.15) is 56.0 Å². The molecule has 0 spiro atoms. The number of aromatic nitrogens is 2. The van der Waals surface area contributed by atoms with E-state index in [9.17, 15) is 5.11 Å². The summed E-state index contributed by atoms with van der Waals surface area (Å²) in [6, 6.07) is 1.82. The van der Waals surface area contributed by atoms with Crippen molar-refractivity contribution in [2.75, 3.05) is 0 Å². The van der Waals surface area contributed by atoms with Gasteiger partial charge in [-0.25, -0.2) is 0 Å². The molecule has 4 nitrogen and oxygen atoms in total. The molecule has 0 amide bonds. The predicted octanol–water partition coefficient (Wildman–Crippen LogP) is 2.15. The third-order valence-electron chi connectivity index (χ3n) is 5.77. The molecule has 104 valence electrons. The van der Waals surface area contributed by atoms with E-state index in [-0.39, 0.29) is 12.0 Å². The third kappa shape index (κ3) is 1.77. The molecular weight excluding hydrogens is 240 g/mol. The summed E-state index contributed by atoms with van der Waals surface area (Å²) in [5, 5.41) is 27.0. The van der Waals surface area contributed by atoms with Gasteiger partial charge in [0, 0.05) is 5.41 Å². The minimum Gasteiger partial charge on any atom is -0.390 e. The van der Waals surface area contributed by atoms with Crippen molar-refractivity contribution in [3.8, 4) is 0 Å². The number of nitrogens with zero attached hydrogens (tertiary/aromatic N) is 1. The van der Waals surface area contributed by atoms with E-state index in [0.29, 0.717) is 5.69 Å². The van der Waals surface area contributed by atoms with Gasteiger partial charge in [-0.15, -0.1) is 0 Å². The molecule has 1 atom stereocenters. The number of hydrogen-bond donors (Lipinski definition) is 3. The molecule has 0 aliphatic heterocycles. The molecule has 5 rings (SSSR count). The van der Waals surface area contributed by atoms with Crippen LogP contribution in [0.4, 0.5) is 0 Å². The molecule has 1 heterocycles. The van der Waals surface area contributed by atoms with Crippen molar-refractivity contribution >= 4 is 0 Å². The fourth-order valence-electron chi connectivity index (χ4n) is 5.43. The lowest BCUT2D eigenvalue weighted by atomic mass is 9.48. The van der Waals surface area contributed by atoms with Crippen LogP contribution in [0.15, 0.2) is 6.07 Å². The van der Waals surface area contributed by atoms with Crippen molar-refractivity contribution in [3.63, 3.8) is 0 Å². The molecule has 0 saturated heterocycles. The van der Waals surface area contributed by atoms with Crippen molar-refractivity contribution in [3.05, 3.63) is 17.5 Å². The molecule has 4 aliphatic carbocycles. The van der Waals surface area contributed by atoms with Crippen LogP contribution in [0.25, 0.3) is 0 Å². The first-order valence-electron chi connectivity index (χ1n) is 7.51.